The Morgan fingerprint density at radius 1 is 0.892 bits per heavy atom. The van der Waals surface area contributed by atoms with Crippen molar-refractivity contribution in [2.75, 3.05) is 24.7 Å². The van der Waals surface area contributed by atoms with Gasteiger partial charge in [-0.3, -0.25) is 24.0 Å². The molecule has 37 heavy (non-hydrogen) atoms. The van der Waals surface area contributed by atoms with Gasteiger partial charge in [0, 0.05) is 19.6 Å². The van der Waals surface area contributed by atoms with E-state index in [9.17, 15) is 9.59 Å². The van der Waals surface area contributed by atoms with Crippen LogP contribution in [0.4, 0.5) is 10.7 Å². The number of nitrogens with zero attached hydrogens (tertiary/aromatic N) is 5. The van der Waals surface area contributed by atoms with Crippen molar-refractivity contribution in [3.8, 4) is 0 Å². The molecule has 0 radical (unpaired) electrons. The minimum Gasteiger partial charge on any atom is -0.325 e. The molecule has 4 aromatic rings. The molecule has 1 aromatic heterocycles. The number of anilines is 1. The Morgan fingerprint density at radius 3 is 2.46 bits per heavy atom. The van der Waals surface area contributed by atoms with E-state index in [0.29, 0.717) is 31.3 Å². The lowest BCUT2D eigenvalue weighted by Crippen LogP contribution is -2.47. The number of rotatable bonds is 6. The molecular formula is C29H27N5O2S. The molecule has 7 nitrogen and oxygen atoms in total. The number of para-hydroxylation sites is 2. The second-order valence-electron chi connectivity index (χ2n) is 9.43. The molecule has 0 N–H and O–H groups in total. The predicted octanol–water partition coefficient (Wildman–Crippen LogP) is 5.32. The molecule has 0 spiro atoms. The summed E-state index contributed by atoms with van der Waals surface area (Å²) in [6.07, 6.45) is 1.80. The summed E-state index contributed by atoms with van der Waals surface area (Å²) >= 11 is 1.02. The fourth-order valence-corrected chi connectivity index (χ4v) is 5.67. The third-order valence-electron chi connectivity index (χ3n) is 6.73. The summed E-state index contributed by atoms with van der Waals surface area (Å²) in [5, 5.41) is -0.213. The van der Waals surface area contributed by atoms with Gasteiger partial charge < -0.3 is 4.90 Å². The van der Waals surface area contributed by atoms with Crippen LogP contribution in [-0.2, 0) is 18.0 Å². The minimum atomic E-state index is -0.220. The highest BCUT2D eigenvalue weighted by Crippen LogP contribution is 2.33. The lowest BCUT2D eigenvalue weighted by molar-refractivity contribution is -0.122. The zero-order valence-corrected chi connectivity index (χ0v) is 21.4. The van der Waals surface area contributed by atoms with Crippen molar-refractivity contribution in [2.45, 2.75) is 20.1 Å². The summed E-state index contributed by atoms with van der Waals surface area (Å²) in [6.45, 7) is 4.98. The van der Waals surface area contributed by atoms with E-state index in [1.807, 2.05) is 67.6 Å². The number of imidazole rings is 1. The molecule has 0 unspecified atom stereocenters. The van der Waals surface area contributed by atoms with Gasteiger partial charge in [0.2, 0.25) is 5.95 Å². The minimum absolute atomic E-state index is 0.213. The maximum Gasteiger partial charge on any atom is 0.293 e. The molecule has 0 bridgehead atoms. The molecule has 0 atom stereocenters. The standard InChI is InChI=1S/C29H27N5O2S/c1-21-11-13-22(14-12-21)17-26-27(35)33(29(36)37-26)16-15-31-19-32(18-23-7-3-2-4-8-23)28-30-24-9-5-6-10-25(24)34(28)20-31/h2-14,17H,15-16,18-20H2,1H3. The van der Waals surface area contributed by atoms with Gasteiger partial charge in [-0.2, -0.15) is 0 Å². The maximum absolute atomic E-state index is 13.1. The lowest BCUT2D eigenvalue weighted by atomic mass is 10.1. The highest BCUT2D eigenvalue weighted by atomic mass is 32.2. The molecular weight excluding hydrogens is 482 g/mol. The number of carbonyl (C=O) groups is 2. The van der Waals surface area contributed by atoms with Crippen molar-refractivity contribution in [2.24, 2.45) is 0 Å². The van der Waals surface area contributed by atoms with Crippen LogP contribution in [0.15, 0.2) is 83.8 Å². The average molecular weight is 510 g/mol. The van der Waals surface area contributed by atoms with E-state index >= 15 is 0 Å². The van der Waals surface area contributed by atoms with Crippen LogP contribution in [0.3, 0.4) is 0 Å². The molecule has 1 saturated heterocycles. The Balaban J connectivity index is 1.20. The van der Waals surface area contributed by atoms with Crippen molar-refractivity contribution in [3.63, 3.8) is 0 Å². The second-order valence-corrected chi connectivity index (χ2v) is 10.4. The number of carbonyl (C=O) groups excluding carboxylic acids is 2. The molecule has 8 heteroatoms. The van der Waals surface area contributed by atoms with Crippen molar-refractivity contribution >= 4 is 46.0 Å². The highest BCUT2D eigenvalue weighted by molar-refractivity contribution is 8.18. The molecule has 3 heterocycles. The number of amides is 2. The van der Waals surface area contributed by atoms with Crippen LogP contribution in [-0.4, -0.2) is 50.3 Å². The second kappa shape index (κ2) is 9.88. The van der Waals surface area contributed by atoms with Crippen LogP contribution >= 0.6 is 11.8 Å². The van der Waals surface area contributed by atoms with E-state index in [-0.39, 0.29) is 11.1 Å². The third-order valence-corrected chi connectivity index (χ3v) is 7.64. The van der Waals surface area contributed by atoms with E-state index < -0.39 is 0 Å². The summed E-state index contributed by atoms with van der Waals surface area (Å²) in [5.74, 6) is 0.719. The number of hydrogen-bond donors (Lipinski definition) is 0. The molecule has 0 saturated carbocycles. The number of thioether (sulfide) groups is 1. The lowest BCUT2D eigenvalue weighted by Gasteiger charge is -2.37. The number of fused-ring (bicyclic) bond motifs is 3. The summed E-state index contributed by atoms with van der Waals surface area (Å²) in [5.41, 5.74) is 5.32. The van der Waals surface area contributed by atoms with Crippen LogP contribution in [0, 0.1) is 6.92 Å². The zero-order chi connectivity index (χ0) is 25.4. The van der Waals surface area contributed by atoms with E-state index in [2.05, 4.69) is 32.6 Å². The molecule has 0 aliphatic carbocycles. The highest BCUT2D eigenvalue weighted by Gasteiger charge is 2.35. The summed E-state index contributed by atoms with van der Waals surface area (Å²) in [4.78, 5) is 37.1. The Bertz CT molecular complexity index is 1500. The SMILES string of the molecule is Cc1ccc(C=C2SC(=O)N(CCN3CN(Cc4ccccc4)c4nc5ccccc5n4C3)C2=O)cc1. The first-order valence-electron chi connectivity index (χ1n) is 12.3. The number of hydrogen-bond acceptors (Lipinski definition) is 6. The zero-order valence-electron chi connectivity index (χ0n) is 20.6. The first-order valence-corrected chi connectivity index (χ1v) is 13.2. The van der Waals surface area contributed by atoms with Crippen LogP contribution in [0.25, 0.3) is 17.1 Å². The number of aromatic nitrogens is 2. The third kappa shape index (κ3) is 4.77. The van der Waals surface area contributed by atoms with Gasteiger partial charge >= 0.3 is 0 Å². The quantitative estimate of drug-likeness (QED) is 0.328. The monoisotopic (exact) mass is 509 g/mol. The first-order chi connectivity index (χ1) is 18.0. The normalized spacial score (nSPS) is 17.3. The molecule has 2 aliphatic heterocycles. The topological polar surface area (TPSA) is 61.7 Å². The molecule has 1 fully saturated rings. The number of aryl methyl sites for hydroxylation is 1. The van der Waals surface area contributed by atoms with Crippen molar-refractivity contribution in [3.05, 3.63) is 100 Å². The smallest absolute Gasteiger partial charge is 0.293 e. The van der Waals surface area contributed by atoms with Crippen molar-refractivity contribution in [1.82, 2.24) is 19.4 Å². The molecule has 2 aliphatic rings. The predicted molar refractivity (Wildman–Crippen MR) is 148 cm³/mol. The van der Waals surface area contributed by atoms with E-state index in [0.717, 1.165) is 46.4 Å². The van der Waals surface area contributed by atoms with Gasteiger partial charge in [0.05, 0.1) is 29.3 Å². The Morgan fingerprint density at radius 2 is 1.65 bits per heavy atom. The van der Waals surface area contributed by atoms with E-state index in [1.165, 1.54) is 10.5 Å². The van der Waals surface area contributed by atoms with Crippen molar-refractivity contribution < 1.29 is 9.59 Å². The van der Waals surface area contributed by atoms with E-state index in [1.54, 1.807) is 6.08 Å². The summed E-state index contributed by atoms with van der Waals surface area (Å²) < 4.78 is 2.22. The Hall–Kier alpha value is -3.88. The van der Waals surface area contributed by atoms with Gasteiger partial charge in [0.15, 0.2) is 0 Å². The maximum atomic E-state index is 13.1. The average Bonchev–Trinajstić information content (AvgIpc) is 3.41. The van der Waals surface area contributed by atoms with Crippen LogP contribution < -0.4 is 4.90 Å². The largest absolute Gasteiger partial charge is 0.325 e. The van der Waals surface area contributed by atoms with Gasteiger partial charge in [-0.15, -0.1) is 0 Å². The van der Waals surface area contributed by atoms with Crippen molar-refractivity contribution in [1.29, 1.82) is 0 Å². The molecule has 3 aromatic carbocycles. The molecule has 2 amide bonds. The first kappa shape index (κ1) is 23.5. The number of benzene rings is 3. The fraction of sp³-hybridized carbons (Fsp3) is 0.207. The summed E-state index contributed by atoms with van der Waals surface area (Å²) in [6, 6.07) is 26.4. The van der Waals surface area contributed by atoms with Gasteiger partial charge in [-0.1, -0.05) is 72.3 Å². The van der Waals surface area contributed by atoms with Gasteiger partial charge in [-0.05, 0) is 48.0 Å². The van der Waals surface area contributed by atoms with Gasteiger partial charge in [0.1, 0.15) is 0 Å². The van der Waals surface area contributed by atoms with Gasteiger partial charge in [0.25, 0.3) is 11.1 Å². The number of imide groups is 1. The van der Waals surface area contributed by atoms with Crippen LogP contribution in [0.5, 0.6) is 0 Å². The van der Waals surface area contributed by atoms with E-state index in [4.69, 9.17) is 4.98 Å². The summed E-state index contributed by atoms with van der Waals surface area (Å²) in [7, 11) is 0. The van der Waals surface area contributed by atoms with Crippen LogP contribution in [0.1, 0.15) is 16.7 Å². The fourth-order valence-electron chi connectivity index (χ4n) is 4.81. The molecule has 186 valence electrons. The van der Waals surface area contributed by atoms with Gasteiger partial charge in [-0.25, -0.2) is 4.98 Å². The Kier molecular flexibility index (Phi) is 6.28. The van der Waals surface area contributed by atoms with Crippen LogP contribution in [0.2, 0.25) is 0 Å². The Labute approximate surface area is 220 Å². The molecule has 6 rings (SSSR count).